The molecule has 0 aliphatic carbocycles. The Morgan fingerprint density at radius 1 is 1.00 bits per heavy atom. The van der Waals surface area contributed by atoms with Gasteiger partial charge in [0.1, 0.15) is 6.04 Å². The summed E-state index contributed by atoms with van der Waals surface area (Å²) in [5.74, 6) is -1.57. The molecule has 3 amide bonds. The number of likely N-dealkylation sites (tertiary alicyclic amines) is 1. The number of hydrogen-bond donors (Lipinski definition) is 1. The minimum atomic E-state index is -0.730. The molecule has 216 valence electrons. The van der Waals surface area contributed by atoms with Crippen molar-refractivity contribution in [2.24, 2.45) is 11.8 Å². The van der Waals surface area contributed by atoms with E-state index in [9.17, 15) is 19.5 Å². The maximum atomic E-state index is 14.5. The fraction of sp³-hybridized carbons (Fsp3) is 0.406. The van der Waals surface area contributed by atoms with Crippen LogP contribution in [0.25, 0.3) is 0 Å². The van der Waals surface area contributed by atoms with Crippen LogP contribution in [0.4, 0.5) is 11.4 Å². The number of hydrogen-bond acceptors (Lipinski definition) is 5. The normalized spacial score (nSPS) is 26.1. The lowest BCUT2D eigenvalue weighted by molar-refractivity contribution is -0.139. The van der Waals surface area contributed by atoms with E-state index in [1.54, 1.807) is 62.9 Å². The second-order valence-corrected chi connectivity index (χ2v) is 12.8. The van der Waals surface area contributed by atoms with Gasteiger partial charge in [-0.2, -0.15) is 0 Å². The molecule has 9 heteroatoms. The molecule has 0 radical (unpaired) electrons. The van der Waals surface area contributed by atoms with Gasteiger partial charge in [-0.25, -0.2) is 0 Å². The first kappa shape index (κ1) is 29.4. The summed E-state index contributed by atoms with van der Waals surface area (Å²) >= 11 is 7.79. The number of amides is 3. The van der Waals surface area contributed by atoms with Gasteiger partial charge >= 0.3 is 0 Å². The Labute approximate surface area is 250 Å². The number of para-hydroxylation sites is 1. The van der Waals surface area contributed by atoms with E-state index in [2.05, 4.69) is 13.2 Å². The molecule has 1 spiro atoms. The zero-order chi connectivity index (χ0) is 29.1. The van der Waals surface area contributed by atoms with Crippen molar-refractivity contribution in [1.82, 2.24) is 4.90 Å². The van der Waals surface area contributed by atoms with E-state index in [0.717, 1.165) is 12.1 Å². The van der Waals surface area contributed by atoms with Crippen LogP contribution in [0.3, 0.4) is 0 Å². The molecule has 2 unspecified atom stereocenters. The number of benzene rings is 2. The number of aliphatic hydroxyl groups excluding tert-OH is 1. The number of carbonyl (C=O) groups excluding carboxylic acids is 3. The van der Waals surface area contributed by atoms with Gasteiger partial charge in [-0.1, -0.05) is 42.0 Å². The van der Waals surface area contributed by atoms with Crippen LogP contribution in [-0.4, -0.2) is 70.0 Å². The lowest BCUT2D eigenvalue weighted by Crippen LogP contribution is -2.55. The smallest absolute Gasteiger partial charge is 0.251 e. The van der Waals surface area contributed by atoms with Gasteiger partial charge in [0.15, 0.2) is 0 Å². The van der Waals surface area contributed by atoms with Gasteiger partial charge in [0.2, 0.25) is 11.8 Å². The molecular weight excluding hydrogens is 558 g/mol. The molecule has 3 heterocycles. The lowest BCUT2D eigenvalue weighted by atomic mass is 9.70. The fourth-order valence-corrected chi connectivity index (χ4v) is 9.14. The van der Waals surface area contributed by atoms with Crippen LogP contribution in [-0.2, 0) is 14.4 Å². The number of rotatable bonds is 12. The van der Waals surface area contributed by atoms with Gasteiger partial charge < -0.3 is 19.8 Å². The van der Waals surface area contributed by atoms with Gasteiger partial charge in [-0.05, 0) is 62.1 Å². The highest BCUT2D eigenvalue weighted by atomic mass is 35.5. The maximum Gasteiger partial charge on any atom is 0.251 e. The molecule has 2 bridgehead atoms. The van der Waals surface area contributed by atoms with Gasteiger partial charge in [0, 0.05) is 47.9 Å². The van der Waals surface area contributed by atoms with Gasteiger partial charge in [0.05, 0.1) is 16.6 Å². The molecule has 3 fully saturated rings. The highest BCUT2D eigenvalue weighted by Gasteiger charge is 2.74. The third-order valence-corrected chi connectivity index (χ3v) is 10.7. The maximum absolute atomic E-state index is 14.5. The number of nitrogens with zero attached hydrogens (tertiary/aromatic N) is 3. The van der Waals surface area contributed by atoms with E-state index >= 15 is 0 Å². The van der Waals surface area contributed by atoms with Crippen molar-refractivity contribution in [3.05, 3.63) is 84.9 Å². The standard InChI is InChI=1S/C32H36ClN3O4S/c1-3-18-34(23-10-6-5-7-11-23)29(38)26-25-16-17-32(41-25)27(26)30(39)36(20-8-9-21-37)28(32)31(40)35(19-4-2)24-14-12-22(33)13-15-24/h3-7,10-15,25-28,37H,1-2,8-9,16-21H2/t25-,26+,27-,28?,32?/m0/s1. The Bertz CT molecular complexity index is 1310. The van der Waals surface area contributed by atoms with E-state index in [4.69, 9.17) is 11.6 Å². The third-order valence-electron chi connectivity index (χ3n) is 8.49. The van der Waals surface area contributed by atoms with Crippen molar-refractivity contribution < 1.29 is 19.5 Å². The first-order chi connectivity index (χ1) is 19.9. The Balaban J connectivity index is 1.54. The molecule has 0 saturated carbocycles. The first-order valence-corrected chi connectivity index (χ1v) is 15.4. The number of fused-ring (bicyclic) bond motifs is 1. The molecule has 7 nitrogen and oxygen atoms in total. The lowest BCUT2D eigenvalue weighted by Gasteiger charge is -2.37. The average molecular weight is 594 g/mol. The second kappa shape index (κ2) is 12.4. The zero-order valence-electron chi connectivity index (χ0n) is 23.0. The fourth-order valence-electron chi connectivity index (χ4n) is 6.81. The Morgan fingerprint density at radius 3 is 2.27 bits per heavy atom. The summed E-state index contributed by atoms with van der Waals surface area (Å²) < 4.78 is -0.708. The van der Waals surface area contributed by atoms with Crippen LogP contribution >= 0.6 is 23.4 Å². The number of unbranched alkanes of at least 4 members (excludes halogenated alkanes) is 1. The third kappa shape index (κ3) is 5.22. The number of carbonyl (C=O) groups is 3. The zero-order valence-corrected chi connectivity index (χ0v) is 24.6. The van der Waals surface area contributed by atoms with Crippen LogP contribution in [0.1, 0.15) is 25.7 Å². The number of anilines is 2. The van der Waals surface area contributed by atoms with Crippen molar-refractivity contribution >= 4 is 52.5 Å². The highest BCUT2D eigenvalue weighted by Crippen LogP contribution is 2.66. The Morgan fingerprint density at radius 2 is 1.63 bits per heavy atom. The summed E-state index contributed by atoms with van der Waals surface area (Å²) in [6, 6.07) is 15.8. The van der Waals surface area contributed by atoms with Crippen molar-refractivity contribution in [3.8, 4) is 0 Å². The molecule has 2 aromatic rings. The van der Waals surface area contributed by atoms with Crippen molar-refractivity contribution in [3.63, 3.8) is 0 Å². The van der Waals surface area contributed by atoms with Crippen molar-refractivity contribution in [1.29, 1.82) is 0 Å². The van der Waals surface area contributed by atoms with E-state index in [1.807, 2.05) is 30.3 Å². The highest BCUT2D eigenvalue weighted by molar-refractivity contribution is 8.02. The van der Waals surface area contributed by atoms with Gasteiger partial charge in [0.25, 0.3) is 5.91 Å². The molecule has 5 atom stereocenters. The van der Waals surface area contributed by atoms with Crippen molar-refractivity contribution in [2.45, 2.75) is 41.7 Å². The molecule has 0 aromatic heterocycles. The summed E-state index contributed by atoms with van der Waals surface area (Å²) in [4.78, 5) is 48.2. The minimum Gasteiger partial charge on any atom is -0.396 e. The molecule has 5 rings (SSSR count). The Hall–Kier alpha value is -3.07. The second-order valence-electron chi connectivity index (χ2n) is 10.8. The summed E-state index contributed by atoms with van der Waals surface area (Å²) in [6.07, 6.45) is 5.91. The summed E-state index contributed by atoms with van der Waals surface area (Å²) in [6.45, 7) is 8.69. The van der Waals surface area contributed by atoms with E-state index in [0.29, 0.717) is 43.1 Å². The van der Waals surface area contributed by atoms with Gasteiger partial charge in [-0.15, -0.1) is 24.9 Å². The van der Waals surface area contributed by atoms with Crippen LogP contribution < -0.4 is 9.80 Å². The largest absolute Gasteiger partial charge is 0.396 e. The Kier molecular flexibility index (Phi) is 8.92. The molecule has 3 aliphatic rings. The van der Waals surface area contributed by atoms with Crippen LogP contribution in [0.15, 0.2) is 79.9 Å². The topological polar surface area (TPSA) is 81.2 Å². The van der Waals surface area contributed by atoms with Crippen LogP contribution in [0.5, 0.6) is 0 Å². The molecule has 1 N–H and O–H groups in total. The molecule has 41 heavy (non-hydrogen) atoms. The van der Waals surface area contributed by atoms with E-state index < -0.39 is 22.6 Å². The van der Waals surface area contributed by atoms with E-state index in [-0.39, 0.29) is 36.1 Å². The van der Waals surface area contributed by atoms with E-state index in [1.165, 1.54) is 0 Å². The predicted octanol–water partition coefficient (Wildman–Crippen LogP) is 4.94. The number of thioether (sulfide) groups is 1. The molecule has 2 aromatic carbocycles. The molecule has 3 saturated heterocycles. The minimum absolute atomic E-state index is 0.00804. The van der Waals surface area contributed by atoms with Crippen LogP contribution in [0, 0.1) is 11.8 Å². The van der Waals surface area contributed by atoms with Gasteiger partial charge in [-0.3, -0.25) is 14.4 Å². The quantitative estimate of drug-likeness (QED) is 0.278. The number of halogens is 1. The molecule has 3 aliphatic heterocycles. The average Bonchev–Trinajstić information content (AvgIpc) is 3.62. The van der Waals surface area contributed by atoms with Crippen molar-refractivity contribution in [2.75, 3.05) is 36.0 Å². The summed E-state index contributed by atoms with van der Waals surface area (Å²) in [7, 11) is 0. The first-order valence-electron chi connectivity index (χ1n) is 14.1. The summed E-state index contributed by atoms with van der Waals surface area (Å²) in [5.41, 5.74) is 1.44. The van der Waals surface area contributed by atoms with Crippen LogP contribution in [0.2, 0.25) is 5.02 Å². The monoisotopic (exact) mass is 593 g/mol. The summed E-state index contributed by atoms with van der Waals surface area (Å²) in [5, 5.41) is 9.96. The SMILES string of the molecule is C=CCN(C(=O)C1N(CCCCO)C(=O)[C@@H]2[C@H](C(=O)N(CC=C)c3ccccc3)[C@@H]3CCC12S3)c1ccc(Cl)cc1. The predicted molar refractivity (Wildman–Crippen MR) is 165 cm³/mol. The molecular formula is C32H36ClN3O4S. The number of aliphatic hydroxyl groups is 1.